The van der Waals surface area contributed by atoms with Crippen LogP contribution in [0, 0.1) is 32.1 Å². The SMILES string of the molecule is Cc1cccc(C)c1-c1ccc(-c2c(C#N)ccc3c2oc2c(-c4cc(C(C)C)cc[n+]4C)c(C)ccc23)cc1. The van der Waals surface area contributed by atoms with E-state index < -0.39 is 0 Å². The summed E-state index contributed by atoms with van der Waals surface area (Å²) in [5.41, 5.74) is 13.6. The number of hydrogen-bond donors (Lipinski definition) is 0. The van der Waals surface area contributed by atoms with Gasteiger partial charge in [-0.1, -0.05) is 68.4 Å². The summed E-state index contributed by atoms with van der Waals surface area (Å²) in [5, 5.41) is 12.2. The Hall–Kier alpha value is -4.68. The van der Waals surface area contributed by atoms with Crippen LogP contribution in [-0.4, -0.2) is 0 Å². The van der Waals surface area contributed by atoms with Crippen molar-refractivity contribution in [3.63, 3.8) is 0 Å². The van der Waals surface area contributed by atoms with Gasteiger partial charge in [-0.2, -0.15) is 5.26 Å². The molecule has 0 saturated heterocycles. The Bertz CT molecular complexity index is 1950. The summed E-state index contributed by atoms with van der Waals surface area (Å²) in [4.78, 5) is 0. The van der Waals surface area contributed by atoms with E-state index in [2.05, 4.69) is 125 Å². The molecule has 196 valence electrons. The molecule has 0 amide bonds. The van der Waals surface area contributed by atoms with Crippen LogP contribution < -0.4 is 4.57 Å². The van der Waals surface area contributed by atoms with Gasteiger partial charge >= 0.3 is 0 Å². The van der Waals surface area contributed by atoms with E-state index in [-0.39, 0.29) is 0 Å². The molecular weight excluding hydrogens is 488 g/mol. The molecule has 4 aromatic carbocycles. The van der Waals surface area contributed by atoms with Crippen molar-refractivity contribution >= 4 is 21.9 Å². The van der Waals surface area contributed by atoms with Gasteiger partial charge in [-0.05, 0) is 77.8 Å². The van der Waals surface area contributed by atoms with Gasteiger partial charge in [0.15, 0.2) is 6.20 Å². The molecule has 3 heteroatoms. The summed E-state index contributed by atoms with van der Waals surface area (Å²) in [6.07, 6.45) is 2.13. The molecule has 0 saturated carbocycles. The quantitative estimate of drug-likeness (QED) is 0.217. The van der Waals surface area contributed by atoms with Crippen molar-refractivity contribution in [1.29, 1.82) is 5.26 Å². The second-order valence-electron chi connectivity index (χ2n) is 11.2. The Labute approximate surface area is 236 Å². The molecule has 0 spiro atoms. The molecule has 40 heavy (non-hydrogen) atoms. The molecule has 2 aromatic heterocycles. The third-order valence-corrected chi connectivity index (χ3v) is 8.18. The number of fused-ring (bicyclic) bond motifs is 3. The van der Waals surface area contributed by atoms with E-state index in [1.54, 1.807) is 0 Å². The van der Waals surface area contributed by atoms with Crippen molar-refractivity contribution in [2.75, 3.05) is 0 Å². The van der Waals surface area contributed by atoms with Crippen LogP contribution in [0.4, 0.5) is 0 Å². The molecule has 0 radical (unpaired) electrons. The van der Waals surface area contributed by atoms with Gasteiger partial charge in [-0.25, -0.2) is 4.57 Å². The number of aromatic nitrogens is 1. The van der Waals surface area contributed by atoms with Crippen molar-refractivity contribution in [2.45, 2.75) is 40.5 Å². The molecular formula is C37H33N2O+. The van der Waals surface area contributed by atoms with Gasteiger partial charge in [0.2, 0.25) is 5.69 Å². The summed E-state index contributed by atoms with van der Waals surface area (Å²) in [6, 6.07) is 30.1. The molecule has 6 rings (SSSR count). The summed E-state index contributed by atoms with van der Waals surface area (Å²) in [5.74, 6) is 0.423. The van der Waals surface area contributed by atoms with Gasteiger partial charge in [0, 0.05) is 28.5 Å². The fourth-order valence-corrected chi connectivity index (χ4v) is 5.97. The predicted molar refractivity (Wildman–Crippen MR) is 164 cm³/mol. The highest BCUT2D eigenvalue weighted by atomic mass is 16.3. The van der Waals surface area contributed by atoms with Gasteiger partial charge in [-0.3, -0.25) is 0 Å². The fraction of sp³-hybridized carbons (Fsp3) is 0.189. The van der Waals surface area contributed by atoms with E-state index in [9.17, 15) is 5.26 Å². The number of pyridine rings is 1. The van der Waals surface area contributed by atoms with E-state index in [1.165, 1.54) is 27.8 Å². The topological polar surface area (TPSA) is 40.8 Å². The molecule has 0 atom stereocenters. The first-order valence-electron chi connectivity index (χ1n) is 13.8. The smallest absolute Gasteiger partial charge is 0.216 e. The third kappa shape index (κ3) is 4.08. The summed E-state index contributed by atoms with van der Waals surface area (Å²) < 4.78 is 8.95. The molecule has 3 nitrogen and oxygen atoms in total. The van der Waals surface area contributed by atoms with Crippen LogP contribution in [0.5, 0.6) is 0 Å². The van der Waals surface area contributed by atoms with Gasteiger partial charge < -0.3 is 4.42 Å². The average Bonchev–Trinajstić information content (AvgIpc) is 3.32. The van der Waals surface area contributed by atoms with Crippen LogP contribution in [-0.2, 0) is 7.05 Å². The third-order valence-electron chi connectivity index (χ3n) is 8.18. The Morgan fingerprint density at radius 2 is 1.27 bits per heavy atom. The van der Waals surface area contributed by atoms with Crippen molar-refractivity contribution in [3.05, 3.63) is 113 Å². The highest BCUT2D eigenvalue weighted by Gasteiger charge is 2.24. The molecule has 2 heterocycles. The Kier molecular flexibility index (Phi) is 6.28. The maximum atomic E-state index is 10.1. The lowest BCUT2D eigenvalue weighted by Gasteiger charge is -2.11. The summed E-state index contributed by atoms with van der Waals surface area (Å²) in [7, 11) is 2.08. The van der Waals surface area contributed by atoms with E-state index in [4.69, 9.17) is 4.42 Å². The lowest BCUT2D eigenvalue weighted by molar-refractivity contribution is -0.660. The fourth-order valence-electron chi connectivity index (χ4n) is 5.97. The zero-order chi connectivity index (χ0) is 28.1. The number of nitriles is 1. The number of nitrogens with zero attached hydrogens (tertiary/aromatic N) is 2. The number of rotatable bonds is 4. The van der Waals surface area contributed by atoms with Crippen molar-refractivity contribution in [2.24, 2.45) is 7.05 Å². The molecule has 0 fully saturated rings. The van der Waals surface area contributed by atoms with E-state index in [0.29, 0.717) is 11.5 Å². The van der Waals surface area contributed by atoms with Crippen LogP contribution in [0.15, 0.2) is 89.5 Å². The van der Waals surface area contributed by atoms with Gasteiger partial charge in [0.1, 0.15) is 18.2 Å². The van der Waals surface area contributed by atoms with Crippen molar-refractivity contribution in [3.8, 4) is 39.6 Å². The van der Waals surface area contributed by atoms with Crippen LogP contribution in [0.3, 0.4) is 0 Å². The van der Waals surface area contributed by atoms with Crippen LogP contribution in [0.2, 0.25) is 0 Å². The van der Waals surface area contributed by atoms with Crippen molar-refractivity contribution < 1.29 is 8.98 Å². The first-order valence-corrected chi connectivity index (χ1v) is 13.8. The zero-order valence-corrected chi connectivity index (χ0v) is 24.0. The molecule has 0 unspecified atom stereocenters. The van der Waals surface area contributed by atoms with Crippen LogP contribution >= 0.6 is 0 Å². The van der Waals surface area contributed by atoms with E-state index in [0.717, 1.165) is 49.9 Å². The number of hydrogen-bond acceptors (Lipinski definition) is 2. The Balaban J connectivity index is 1.59. The Morgan fingerprint density at radius 3 is 1.90 bits per heavy atom. The monoisotopic (exact) mass is 521 g/mol. The largest absolute Gasteiger partial charge is 0.454 e. The minimum atomic E-state index is 0.423. The van der Waals surface area contributed by atoms with Gasteiger partial charge in [0.05, 0.1) is 17.2 Å². The first kappa shape index (κ1) is 25.6. The minimum absolute atomic E-state index is 0.423. The predicted octanol–water partition coefficient (Wildman–Crippen LogP) is 9.33. The van der Waals surface area contributed by atoms with Crippen molar-refractivity contribution in [1.82, 2.24) is 0 Å². The minimum Gasteiger partial charge on any atom is -0.454 e. The first-order chi connectivity index (χ1) is 19.3. The van der Waals surface area contributed by atoms with E-state index in [1.807, 2.05) is 12.1 Å². The number of aryl methyl sites for hydroxylation is 4. The lowest BCUT2D eigenvalue weighted by Crippen LogP contribution is -2.31. The number of benzene rings is 4. The zero-order valence-electron chi connectivity index (χ0n) is 24.0. The summed E-state index contributed by atoms with van der Waals surface area (Å²) in [6.45, 7) is 10.9. The molecule has 0 aliphatic heterocycles. The van der Waals surface area contributed by atoms with Gasteiger partial charge in [-0.15, -0.1) is 0 Å². The average molecular weight is 522 g/mol. The van der Waals surface area contributed by atoms with Crippen LogP contribution in [0.25, 0.3) is 55.4 Å². The van der Waals surface area contributed by atoms with E-state index >= 15 is 0 Å². The van der Waals surface area contributed by atoms with Gasteiger partial charge in [0.25, 0.3) is 0 Å². The van der Waals surface area contributed by atoms with Crippen LogP contribution in [0.1, 0.15) is 47.6 Å². The molecule has 0 aliphatic rings. The highest BCUT2D eigenvalue weighted by Crippen LogP contribution is 2.42. The second-order valence-corrected chi connectivity index (χ2v) is 11.2. The molecule has 6 aromatic rings. The number of furan rings is 1. The maximum absolute atomic E-state index is 10.1. The lowest BCUT2D eigenvalue weighted by atomic mass is 9.92. The normalized spacial score (nSPS) is 11.4. The second kappa shape index (κ2) is 9.81. The maximum Gasteiger partial charge on any atom is 0.216 e. The molecule has 0 bridgehead atoms. The molecule has 0 aliphatic carbocycles. The standard InChI is InChI=1S/C37H33N2O/c1-22(2)28-18-19-39(6)32(20-28)34-25(5)10-16-30-31-17-15-29(21-38)35(37(31)40-36(30)34)27-13-11-26(12-14-27)33-23(3)8-7-9-24(33)4/h7-20,22H,1-6H3/q+1. The highest BCUT2D eigenvalue weighted by molar-refractivity contribution is 6.14. The molecule has 0 N–H and O–H groups in total. The summed E-state index contributed by atoms with van der Waals surface area (Å²) >= 11 is 0. The Morgan fingerprint density at radius 1 is 0.700 bits per heavy atom.